The first kappa shape index (κ1) is 19.4. The molecule has 0 fully saturated rings. The van der Waals surface area contributed by atoms with E-state index in [4.69, 9.17) is 9.47 Å². The van der Waals surface area contributed by atoms with Crippen LogP contribution in [0.2, 0.25) is 0 Å². The number of aromatic nitrogens is 2. The van der Waals surface area contributed by atoms with Crippen molar-refractivity contribution < 1.29 is 14.3 Å². The van der Waals surface area contributed by atoms with Crippen molar-refractivity contribution in [2.24, 2.45) is 5.92 Å². The summed E-state index contributed by atoms with van der Waals surface area (Å²) in [7, 11) is 3.14. The van der Waals surface area contributed by atoms with Crippen LogP contribution in [0, 0.1) is 19.8 Å². The average Bonchev–Trinajstić information content (AvgIpc) is 2.86. The standard InChI is InChI=1S/C19H26N2O3S/c1-12(2)10-21-14(4)13(3)20-19(21)25-11-17(22)16-8-7-15(23-5)9-18(16)24-6/h7-9,12H,10-11H2,1-6H3. The molecule has 0 N–H and O–H groups in total. The number of imidazole rings is 1. The Morgan fingerprint density at radius 1 is 1.24 bits per heavy atom. The van der Waals surface area contributed by atoms with Crippen LogP contribution < -0.4 is 9.47 Å². The van der Waals surface area contributed by atoms with E-state index in [2.05, 4.69) is 30.3 Å². The van der Waals surface area contributed by atoms with E-state index in [1.54, 1.807) is 32.4 Å². The van der Waals surface area contributed by atoms with Gasteiger partial charge in [-0.3, -0.25) is 4.79 Å². The summed E-state index contributed by atoms with van der Waals surface area (Å²) < 4.78 is 12.7. The van der Waals surface area contributed by atoms with Crippen LogP contribution in [0.5, 0.6) is 11.5 Å². The summed E-state index contributed by atoms with van der Waals surface area (Å²) in [6.45, 7) is 9.33. The zero-order chi connectivity index (χ0) is 18.6. The quantitative estimate of drug-likeness (QED) is 0.522. The smallest absolute Gasteiger partial charge is 0.176 e. The summed E-state index contributed by atoms with van der Waals surface area (Å²) in [4.78, 5) is 17.3. The summed E-state index contributed by atoms with van der Waals surface area (Å²) >= 11 is 1.47. The molecule has 0 saturated heterocycles. The highest BCUT2D eigenvalue weighted by atomic mass is 32.2. The van der Waals surface area contributed by atoms with Crippen LogP contribution in [-0.2, 0) is 6.54 Å². The number of hydrogen-bond acceptors (Lipinski definition) is 5. The number of ketones is 1. The Bertz CT molecular complexity index is 753. The molecule has 0 bridgehead atoms. The van der Waals surface area contributed by atoms with Crippen LogP contribution in [0.3, 0.4) is 0 Å². The Labute approximate surface area is 153 Å². The number of carbonyl (C=O) groups is 1. The Balaban J connectivity index is 2.17. The average molecular weight is 362 g/mol. The number of Topliss-reactive ketones (excluding diaryl/α,β-unsaturated/α-hetero) is 1. The molecule has 25 heavy (non-hydrogen) atoms. The fourth-order valence-electron chi connectivity index (χ4n) is 2.55. The van der Waals surface area contributed by atoms with Gasteiger partial charge in [0.2, 0.25) is 0 Å². The number of benzene rings is 1. The highest BCUT2D eigenvalue weighted by Gasteiger charge is 2.17. The largest absolute Gasteiger partial charge is 0.497 e. The SMILES string of the molecule is COc1ccc(C(=O)CSc2nc(C)c(C)n2CC(C)C)c(OC)c1. The number of thioether (sulfide) groups is 1. The molecular formula is C19H26N2O3S. The van der Waals surface area contributed by atoms with Crippen LogP contribution in [0.4, 0.5) is 0 Å². The van der Waals surface area contributed by atoms with E-state index < -0.39 is 0 Å². The Morgan fingerprint density at radius 2 is 1.96 bits per heavy atom. The summed E-state index contributed by atoms with van der Waals surface area (Å²) in [6, 6.07) is 5.25. The molecule has 0 aliphatic carbocycles. The highest BCUT2D eigenvalue weighted by Crippen LogP contribution is 2.28. The van der Waals surface area contributed by atoms with Crippen molar-refractivity contribution in [2.75, 3.05) is 20.0 Å². The molecule has 2 aromatic rings. The minimum Gasteiger partial charge on any atom is -0.497 e. The summed E-state index contributed by atoms with van der Waals surface area (Å²) in [5.74, 6) is 2.04. The third-order valence-corrected chi connectivity index (χ3v) is 4.99. The van der Waals surface area contributed by atoms with Gasteiger partial charge in [0, 0.05) is 18.3 Å². The minimum atomic E-state index is 0.0129. The van der Waals surface area contributed by atoms with Crippen LogP contribution in [0.15, 0.2) is 23.4 Å². The molecular weight excluding hydrogens is 336 g/mol. The molecule has 0 radical (unpaired) electrons. The van der Waals surface area contributed by atoms with Gasteiger partial charge in [0.15, 0.2) is 10.9 Å². The number of ether oxygens (including phenoxy) is 2. The predicted molar refractivity (Wildman–Crippen MR) is 101 cm³/mol. The van der Waals surface area contributed by atoms with Crippen LogP contribution in [0.1, 0.15) is 35.6 Å². The van der Waals surface area contributed by atoms with Gasteiger partial charge in [-0.1, -0.05) is 25.6 Å². The second-order valence-corrected chi connectivity index (χ2v) is 7.29. The van der Waals surface area contributed by atoms with Crippen LogP contribution >= 0.6 is 11.8 Å². The lowest BCUT2D eigenvalue weighted by atomic mass is 10.1. The first-order valence-electron chi connectivity index (χ1n) is 8.29. The van der Waals surface area contributed by atoms with Gasteiger partial charge in [-0.05, 0) is 31.9 Å². The van der Waals surface area contributed by atoms with E-state index in [9.17, 15) is 4.79 Å². The fourth-order valence-corrected chi connectivity index (χ4v) is 3.54. The van der Waals surface area contributed by atoms with Crippen LogP contribution in [0.25, 0.3) is 0 Å². The number of methoxy groups -OCH3 is 2. The maximum atomic E-state index is 12.6. The molecule has 1 aromatic carbocycles. The molecule has 0 saturated carbocycles. The minimum absolute atomic E-state index is 0.0129. The number of rotatable bonds is 8. The zero-order valence-corrected chi connectivity index (χ0v) is 16.6. The first-order valence-corrected chi connectivity index (χ1v) is 9.27. The van der Waals surface area contributed by atoms with Gasteiger partial charge < -0.3 is 14.0 Å². The third kappa shape index (κ3) is 4.57. The van der Waals surface area contributed by atoms with E-state index in [1.807, 2.05) is 6.92 Å². The molecule has 0 spiro atoms. The van der Waals surface area contributed by atoms with Gasteiger partial charge in [-0.15, -0.1) is 0 Å². The lowest BCUT2D eigenvalue weighted by molar-refractivity contribution is 0.101. The molecule has 0 unspecified atom stereocenters. The van der Waals surface area contributed by atoms with Crippen molar-refractivity contribution >= 4 is 17.5 Å². The van der Waals surface area contributed by atoms with Crippen molar-refractivity contribution in [3.05, 3.63) is 35.2 Å². The molecule has 1 aromatic heterocycles. The van der Waals surface area contributed by atoms with E-state index in [0.717, 1.165) is 23.1 Å². The van der Waals surface area contributed by atoms with Gasteiger partial charge >= 0.3 is 0 Å². The first-order chi connectivity index (χ1) is 11.9. The second-order valence-electron chi connectivity index (χ2n) is 6.35. The van der Waals surface area contributed by atoms with E-state index in [-0.39, 0.29) is 5.78 Å². The highest BCUT2D eigenvalue weighted by molar-refractivity contribution is 7.99. The Morgan fingerprint density at radius 3 is 2.56 bits per heavy atom. The number of nitrogens with zero attached hydrogens (tertiary/aromatic N) is 2. The van der Waals surface area contributed by atoms with E-state index in [1.165, 1.54) is 11.8 Å². The zero-order valence-electron chi connectivity index (χ0n) is 15.8. The van der Waals surface area contributed by atoms with Gasteiger partial charge in [0.05, 0.1) is 31.2 Å². The van der Waals surface area contributed by atoms with Crippen LogP contribution in [-0.4, -0.2) is 35.3 Å². The topological polar surface area (TPSA) is 53.3 Å². The normalized spacial score (nSPS) is 11.0. The van der Waals surface area contributed by atoms with Crippen molar-refractivity contribution in [1.29, 1.82) is 0 Å². The molecule has 6 heteroatoms. The molecule has 5 nitrogen and oxygen atoms in total. The lowest BCUT2D eigenvalue weighted by Crippen LogP contribution is -2.10. The van der Waals surface area contributed by atoms with Gasteiger partial charge in [0.25, 0.3) is 0 Å². The Kier molecular flexibility index (Phi) is 6.53. The van der Waals surface area contributed by atoms with Crippen molar-refractivity contribution in [3.8, 4) is 11.5 Å². The monoisotopic (exact) mass is 362 g/mol. The molecule has 136 valence electrons. The van der Waals surface area contributed by atoms with Crippen molar-refractivity contribution in [2.45, 2.75) is 39.4 Å². The number of carbonyl (C=O) groups excluding carboxylic acids is 1. The maximum Gasteiger partial charge on any atom is 0.176 e. The van der Waals surface area contributed by atoms with Gasteiger partial charge in [-0.25, -0.2) is 4.98 Å². The summed E-state index contributed by atoms with van der Waals surface area (Å²) in [6.07, 6.45) is 0. The molecule has 0 amide bonds. The van der Waals surface area contributed by atoms with Gasteiger partial charge in [-0.2, -0.15) is 0 Å². The Hall–Kier alpha value is -1.95. The summed E-state index contributed by atoms with van der Waals surface area (Å²) in [5, 5.41) is 0.893. The van der Waals surface area contributed by atoms with Gasteiger partial charge in [0.1, 0.15) is 11.5 Å². The number of aryl methyl sites for hydroxylation is 1. The van der Waals surface area contributed by atoms with E-state index >= 15 is 0 Å². The maximum absolute atomic E-state index is 12.6. The van der Waals surface area contributed by atoms with E-state index in [0.29, 0.717) is 28.7 Å². The second kappa shape index (κ2) is 8.43. The molecule has 1 heterocycles. The number of hydrogen-bond donors (Lipinski definition) is 0. The molecule has 0 aliphatic rings. The summed E-state index contributed by atoms with van der Waals surface area (Å²) in [5.41, 5.74) is 2.73. The van der Waals surface area contributed by atoms with Crippen molar-refractivity contribution in [3.63, 3.8) is 0 Å². The predicted octanol–water partition coefficient (Wildman–Crippen LogP) is 4.15. The molecule has 0 aliphatic heterocycles. The lowest BCUT2D eigenvalue weighted by Gasteiger charge is -2.12. The fraction of sp³-hybridized carbons (Fsp3) is 0.474. The molecule has 2 rings (SSSR count). The van der Waals surface area contributed by atoms with Crippen molar-refractivity contribution in [1.82, 2.24) is 9.55 Å². The third-order valence-electron chi connectivity index (χ3n) is 4.01. The molecule has 0 atom stereocenters.